The topological polar surface area (TPSA) is 39.9 Å². The van der Waals surface area contributed by atoms with E-state index in [0.29, 0.717) is 0 Å². The zero-order valence-electron chi connectivity index (χ0n) is 17.1. The molecule has 2 heterocycles. The molecule has 0 radical (unpaired) electrons. The average Bonchev–Trinajstić information content (AvgIpc) is 2.97. The molecule has 0 saturated carbocycles. The molecular weight excluding hydrogens is 366 g/mol. The molecule has 0 N–H and O–H groups in total. The second-order valence-corrected chi connectivity index (χ2v) is 8.24. The predicted molar refractivity (Wildman–Crippen MR) is 120 cm³/mol. The number of hydrogen-bond donors (Lipinski definition) is 0. The van der Waals surface area contributed by atoms with Crippen LogP contribution in [0.5, 0.6) is 0 Å². The smallest absolute Gasteiger partial charge is 0.0991 e. The number of pyridine rings is 1. The quantitative estimate of drug-likeness (QED) is 0.606. The first kappa shape index (κ1) is 18.8. The Morgan fingerprint density at radius 3 is 2.47 bits per heavy atom. The lowest BCUT2D eigenvalue weighted by Crippen LogP contribution is -2.30. The zero-order valence-corrected chi connectivity index (χ0v) is 17.1. The predicted octanol–water partition coefficient (Wildman–Crippen LogP) is 5.15. The Labute approximate surface area is 178 Å². The van der Waals surface area contributed by atoms with Crippen LogP contribution in [0.4, 0.5) is 0 Å². The van der Waals surface area contributed by atoms with Crippen molar-refractivity contribution < 1.29 is 0 Å². The van der Waals surface area contributed by atoms with E-state index in [1.165, 1.54) is 33.4 Å². The van der Waals surface area contributed by atoms with Gasteiger partial charge in [0, 0.05) is 31.4 Å². The third-order valence-electron chi connectivity index (χ3n) is 6.36. The first-order valence-electron chi connectivity index (χ1n) is 10.8. The Morgan fingerprint density at radius 1 is 0.867 bits per heavy atom. The van der Waals surface area contributed by atoms with Gasteiger partial charge in [0.2, 0.25) is 0 Å². The van der Waals surface area contributed by atoms with Crippen LogP contribution in [0, 0.1) is 11.3 Å². The Morgan fingerprint density at radius 2 is 1.67 bits per heavy atom. The molecule has 3 aromatic rings. The largest absolute Gasteiger partial charge is 0.298 e. The number of benzene rings is 2. The van der Waals surface area contributed by atoms with Crippen molar-refractivity contribution in [1.29, 1.82) is 5.26 Å². The molecule has 0 bridgehead atoms. The molecule has 148 valence electrons. The molecule has 0 unspecified atom stereocenters. The number of aromatic nitrogens is 1. The van der Waals surface area contributed by atoms with Gasteiger partial charge in [0.1, 0.15) is 0 Å². The van der Waals surface area contributed by atoms with E-state index in [0.717, 1.165) is 56.6 Å². The minimum atomic E-state index is 0.745. The van der Waals surface area contributed by atoms with Crippen LogP contribution in [0.2, 0.25) is 0 Å². The number of aryl methyl sites for hydroxylation is 2. The second-order valence-electron chi connectivity index (χ2n) is 8.24. The van der Waals surface area contributed by atoms with E-state index in [2.05, 4.69) is 59.5 Å². The molecule has 0 atom stereocenters. The van der Waals surface area contributed by atoms with Crippen LogP contribution >= 0.6 is 0 Å². The van der Waals surface area contributed by atoms with Crippen molar-refractivity contribution in [3.8, 4) is 6.07 Å². The highest BCUT2D eigenvalue weighted by Gasteiger charge is 2.25. The lowest BCUT2D eigenvalue weighted by atomic mass is 9.88. The summed E-state index contributed by atoms with van der Waals surface area (Å²) in [5.41, 5.74) is 9.97. The maximum atomic E-state index is 9.37. The first-order valence-corrected chi connectivity index (χ1v) is 10.8. The van der Waals surface area contributed by atoms with Crippen molar-refractivity contribution in [2.24, 2.45) is 0 Å². The molecule has 2 aliphatic rings. The fraction of sp³-hybridized carbons (Fsp3) is 0.259. The molecule has 30 heavy (non-hydrogen) atoms. The molecule has 3 nitrogen and oxygen atoms in total. The van der Waals surface area contributed by atoms with E-state index in [4.69, 9.17) is 4.98 Å². The maximum Gasteiger partial charge on any atom is 0.0991 e. The summed E-state index contributed by atoms with van der Waals surface area (Å²) in [6, 6.07) is 23.5. The summed E-state index contributed by atoms with van der Waals surface area (Å²) in [5, 5.41) is 9.37. The van der Waals surface area contributed by atoms with Gasteiger partial charge >= 0.3 is 0 Å². The van der Waals surface area contributed by atoms with Crippen LogP contribution < -0.4 is 0 Å². The van der Waals surface area contributed by atoms with E-state index in [-0.39, 0.29) is 0 Å². The van der Waals surface area contributed by atoms with Gasteiger partial charge in [0.05, 0.1) is 17.3 Å². The third-order valence-corrected chi connectivity index (χ3v) is 6.36. The van der Waals surface area contributed by atoms with Gasteiger partial charge in [-0.1, -0.05) is 48.0 Å². The SMILES string of the molecule is N#Cc1ccc2c(c1)CCc1cccnc1C2=C1CCN(Cc2ccccc2)CC1. The monoisotopic (exact) mass is 391 g/mol. The van der Waals surface area contributed by atoms with E-state index in [9.17, 15) is 5.26 Å². The first-order chi connectivity index (χ1) is 14.8. The normalized spacial score (nSPS) is 16.4. The summed E-state index contributed by atoms with van der Waals surface area (Å²) in [6.45, 7) is 3.16. The Balaban J connectivity index is 1.50. The van der Waals surface area contributed by atoms with Gasteiger partial charge < -0.3 is 0 Å². The third kappa shape index (κ3) is 3.67. The summed E-state index contributed by atoms with van der Waals surface area (Å²) in [4.78, 5) is 7.38. The van der Waals surface area contributed by atoms with Crippen molar-refractivity contribution >= 4 is 5.57 Å². The average molecular weight is 392 g/mol. The maximum absolute atomic E-state index is 9.37. The van der Waals surface area contributed by atoms with Crippen LogP contribution in [-0.4, -0.2) is 23.0 Å². The molecule has 0 spiro atoms. The molecule has 1 aliphatic carbocycles. The van der Waals surface area contributed by atoms with Crippen molar-refractivity contribution in [1.82, 2.24) is 9.88 Å². The summed E-state index contributed by atoms with van der Waals surface area (Å²) in [7, 11) is 0. The number of piperidine rings is 1. The Kier molecular flexibility index (Phi) is 5.17. The van der Waals surface area contributed by atoms with Crippen molar-refractivity contribution in [3.05, 3.63) is 106 Å². The van der Waals surface area contributed by atoms with Gasteiger partial charge in [0.25, 0.3) is 0 Å². The highest BCUT2D eigenvalue weighted by Crippen LogP contribution is 2.38. The lowest BCUT2D eigenvalue weighted by molar-refractivity contribution is 0.248. The summed E-state index contributed by atoms with van der Waals surface area (Å²) >= 11 is 0. The van der Waals surface area contributed by atoms with Crippen molar-refractivity contribution in [2.45, 2.75) is 32.2 Å². The summed E-state index contributed by atoms with van der Waals surface area (Å²) < 4.78 is 0. The number of hydrogen-bond acceptors (Lipinski definition) is 3. The van der Waals surface area contributed by atoms with Crippen molar-refractivity contribution in [2.75, 3.05) is 13.1 Å². The van der Waals surface area contributed by atoms with Gasteiger partial charge in [0.15, 0.2) is 0 Å². The van der Waals surface area contributed by atoms with Crippen molar-refractivity contribution in [3.63, 3.8) is 0 Å². The van der Waals surface area contributed by atoms with Gasteiger partial charge in [-0.05, 0) is 66.1 Å². The molecule has 3 heteroatoms. The van der Waals surface area contributed by atoms with Crippen LogP contribution in [0.3, 0.4) is 0 Å². The molecule has 5 rings (SSSR count). The minimum absolute atomic E-state index is 0.745. The fourth-order valence-electron chi connectivity index (χ4n) is 4.81. The number of rotatable bonds is 2. The standard InChI is InChI=1S/C27H25N3/c28-18-21-8-11-25-24(17-21)10-9-23-7-4-14-29-27(23)26(25)22-12-15-30(16-13-22)19-20-5-2-1-3-6-20/h1-8,11,14,17H,9-10,12-13,15-16,19H2. The van der Waals surface area contributed by atoms with Crippen LogP contribution in [0.25, 0.3) is 5.57 Å². The van der Waals surface area contributed by atoms with Gasteiger partial charge in [-0.2, -0.15) is 5.26 Å². The fourth-order valence-corrected chi connectivity index (χ4v) is 4.81. The van der Waals surface area contributed by atoms with E-state index < -0.39 is 0 Å². The minimum Gasteiger partial charge on any atom is -0.298 e. The van der Waals surface area contributed by atoms with Gasteiger partial charge in [-0.25, -0.2) is 0 Å². The van der Waals surface area contributed by atoms with E-state index in [1.807, 2.05) is 18.3 Å². The molecule has 2 aromatic carbocycles. The van der Waals surface area contributed by atoms with Crippen LogP contribution in [0.1, 0.15) is 46.4 Å². The molecular formula is C27H25N3. The zero-order chi connectivity index (χ0) is 20.3. The van der Waals surface area contributed by atoms with E-state index >= 15 is 0 Å². The molecule has 1 aromatic heterocycles. The highest BCUT2D eigenvalue weighted by atomic mass is 15.1. The van der Waals surface area contributed by atoms with Gasteiger partial charge in [-0.3, -0.25) is 9.88 Å². The number of fused-ring (bicyclic) bond motifs is 2. The number of nitriles is 1. The van der Waals surface area contributed by atoms with Gasteiger partial charge in [-0.15, -0.1) is 0 Å². The summed E-state index contributed by atoms with van der Waals surface area (Å²) in [6.07, 6.45) is 5.98. The molecule has 1 aliphatic heterocycles. The number of likely N-dealkylation sites (tertiary alicyclic amines) is 1. The van der Waals surface area contributed by atoms with Crippen LogP contribution in [-0.2, 0) is 19.4 Å². The summed E-state index contributed by atoms with van der Waals surface area (Å²) in [5.74, 6) is 0. The van der Waals surface area contributed by atoms with Crippen LogP contribution in [0.15, 0.2) is 72.4 Å². The number of nitrogens with zero attached hydrogens (tertiary/aromatic N) is 3. The molecule has 1 saturated heterocycles. The Bertz CT molecular complexity index is 1130. The molecule has 1 fully saturated rings. The molecule has 0 amide bonds. The Hall–Kier alpha value is -3.22. The highest BCUT2D eigenvalue weighted by molar-refractivity contribution is 5.84. The lowest BCUT2D eigenvalue weighted by Gasteiger charge is -2.30. The van der Waals surface area contributed by atoms with E-state index in [1.54, 1.807) is 0 Å². The second kappa shape index (κ2) is 8.26.